The Morgan fingerprint density at radius 2 is 2.03 bits per heavy atom. The van der Waals surface area contributed by atoms with Crippen LogP contribution in [0.5, 0.6) is 0 Å². The monoisotopic (exact) mass is 453 g/mol. The van der Waals surface area contributed by atoms with Crippen LogP contribution >= 0.6 is 23.4 Å². The van der Waals surface area contributed by atoms with Crippen molar-refractivity contribution < 1.29 is 4.79 Å². The maximum Gasteiger partial charge on any atom is 0.264 e. The van der Waals surface area contributed by atoms with Gasteiger partial charge in [0.15, 0.2) is 5.17 Å². The maximum absolute atomic E-state index is 12.5. The van der Waals surface area contributed by atoms with E-state index in [9.17, 15) is 4.79 Å². The molecule has 2 aromatic rings. The van der Waals surface area contributed by atoms with Crippen molar-refractivity contribution in [2.24, 2.45) is 4.99 Å². The molecule has 2 aliphatic heterocycles. The number of amidine groups is 1. The second kappa shape index (κ2) is 8.36. The van der Waals surface area contributed by atoms with Gasteiger partial charge in [0.25, 0.3) is 5.91 Å². The number of nitrogens with zero attached hydrogens (tertiary/aromatic N) is 2. The molecule has 0 aliphatic carbocycles. The number of halogens is 1. The number of carbonyl (C=O) groups excluding carboxylic acids is 1. The lowest BCUT2D eigenvalue weighted by atomic mass is 9.79. The Kier molecular flexibility index (Phi) is 5.93. The van der Waals surface area contributed by atoms with Crippen LogP contribution in [0.25, 0.3) is 6.08 Å². The SMILES string of the molecule is CC(C)N1c2ccc(/C=C3\SC(=Nc4cccc(Cl)c4)NC3=O)cc2[C@H](C)CC1(C)C. The number of amides is 1. The van der Waals surface area contributed by atoms with Gasteiger partial charge in [0.2, 0.25) is 0 Å². The number of fused-ring (bicyclic) bond motifs is 1. The van der Waals surface area contributed by atoms with Gasteiger partial charge in [-0.05, 0) is 99.3 Å². The number of rotatable bonds is 3. The highest BCUT2D eigenvalue weighted by molar-refractivity contribution is 8.18. The fourth-order valence-electron chi connectivity index (χ4n) is 4.83. The van der Waals surface area contributed by atoms with E-state index in [-0.39, 0.29) is 11.4 Å². The molecule has 1 amide bonds. The first kappa shape index (κ1) is 22.0. The van der Waals surface area contributed by atoms with Crippen LogP contribution in [-0.4, -0.2) is 22.7 Å². The summed E-state index contributed by atoms with van der Waals surface area (Å²) < 4.78 is 0. The summed E-state index contributed by atoms with van der Waals surface area (Å²) in [6, 6.07) is 14.2. The number of hydrogen-bond donors (Lipinski definition) is 1. The summed E-state index contributed by atoms with van der Waals surface area (Å²) in [6.07, 6.45) is 3.05. The number of benzene rings is 2. The number of anilines is 1. The van der Waals surface area contributed by atoms with Crippen molar-refractivity contribution >= 4 is 51.9 Å². The van der Waals surface area contributed by atoms with E-state index >= 15 is 0 Å². The van der Waals surface area contributed by atoms with Crippen LogP contribution < -0.4 is 10.2 Å². The van der Waals surface area contributed by atoms with Crippen molar-refractivity contribution in [3.8, 4) is 0 Å². The Labute approximate surface area is 193 Å². The molecular formula is C25H28ClN3OS. The van der Waals surface area contributed by atoms with Gasteiger partial charge in [-0.3, -0.25) is 4.79 Å². The molecule has 2 aromatic carbocycles. The lowest BCUT2D eigenvalue weighted by Gasteiger charge is -2.50. The predicted molar refractivity (Wildman–Crippen MR) is 133 cm³/mol. The van der Waals surface area contributed by atoms with Crippen molar-refractivity contribution in [2.45, 2.75) is 58.5 Å². The largest absolute Gasteiger partial charge is 0.364 e. The molecule has 0 radical (unpaired) electrons. The molecule has 1 saturated heterocycles. The Hall–Kier alpha value is -2.24. The molecule has 1 N–H and O–H groups in total. The zero-order valence-corrected chi connectivity index (χ0v) is 20.1. The van der Waals surface area contributed by atoms with Gasteiger partial charge in [-0.25, -0.2) is 4.99 Å². The number of aliphatic imine (C=N–C) groups is 1. The van der Waals surface area contributed by atoms with Gasteiger partial charge in [-0.1, -0.05) is 30.7 Å². The third-order valence-corrected chi connectivity index (χ3v) is 6.95. The van der Waals surface area contributed by atoms with Gasteiger partial charge in [-0.2, -0.15) is 0 Å². The summed E-state index contributed by atoms with van der Waals surface area (Å²) in [5, 5.41) is 4.04. The zero-order valence-electron chi connectivity index (χ0n) is 18.6. The quantitative estimate of drug-likeness (QED) is 0.524. The van der Waals surface area contributed by atoms with E-state index in [1.165, 1.54) is 23.0 Å². The molecule has 31 heavy (non-hydrogen) atoms. The number of hydrogen-bond acceptors (Lipinski definition) is 4. The van der Waals surface area contributed by atoms with Crippen molar-refractivity contribution in [3.05, 3.63) is 63.5 Å². The Bertz CT molecular complexity index is 1090. The number of thioether (sulfide) groups is 1. The van der Waals surface area contributed by atoms with Crippen LogP contribution in [0.4, 0.5) is 11.4 Å². The summed E-state index contributed by atoms with van der Waals surface area (Å²) in [6.45, 7) is 11.4. The van der Waals surface area contributed by atoms with Crippen LogP contribution in [0.2, 0.25) is 5.02 Å². The topological polar surface area (TPSA) is 44.7 Å². The standard InChI is InChI=1S/C25H28ClN3OS/c1-15(2)29-21-10-9-17(11-20(21)16(3)14-25(29,4)5)12-22-23(30)28-24(31-22)27-19-8-6-7-18(26)13-19/h6-13,15-16H,14H2,1-5H3,(H,27,28,30)/b22-12-/t16-/m1/s1. The van der Waals surface area contributed by atoms with E-state index in [0.717, 1.165) is 17.7 Å². The van der Waals surface area contributed by atoms with Gasteiger partial charge in [0.05, 0.1) is 10.6 Å². The fourth-order valence-corrected chi connectivity index (χ4v) is 5.86. The van der Waals surface area contributed by atoms with E-state index in [4.69, 9.17) is 11.6 Å². The average molecular weight is 454 g/mol. The summed E-state index contributed by atoms with van der Waals surface area (Å²) in [5.74, 6) is 0.338. The first-order chi connectivity index (χ1) is 14.6. The minimum absolute atomic E-state index is 0.119. The highest BCUT2D eigenvalue weighted by Crippen LogP contribution is 2.45. The molecular weight excluding hydrogens is 426 g/mol. The Morgan fingerprint density at radius 3 is 2.74 bits per heavy atom. The predicted octanol–water partition coefficient (Wildman–Crippen LogP) is 6.73. The van der Waals surface area contributed by atoms with E-state index in [1.54, 1.807) is 12.1 Å². The van der Waals surface area contributed by atoms with Crippen molar-refractivity contribution in [1.29, 1.82) is 0 Å². The van der Waals surface area contributed by atoms with E-state index in [0.29, 0.717) is 27.1 Å². The highest BCUT2D eigenvalue weighted by Gasteiger charge is 2.37. The first-order valence-corrected chi connectivity index (χ1v) is 11.8. The van der Waals surface area contributed by atoms with E-state index < -0.39 is 0 Å². The molecule has 0 aromatic heterocycles. The maximum atomic E-state index is 12.5. The van der Waals surface area contributed by atoms with Crippen LogP contribution in [0.3, 0.4) is 0 Å². The second-order valence-corrected chi connectivity index (χ2v) is 10.6. The Balaban J connectivity index is 1.63. The third kappa shape index (κ3) is 4.53. The van der Waals surface area contributed by atoms with Gasteiger partial charge in [0, 0.05) is 22.3 Å². The van der Waals surface area contributed by atoms with Gasteiger partial charge in [-0.15, -0.1) is 0 Å². The third-order valence-electron chi connectivity index (χ3n) is 5.80. The molecule has 0 saturated carbocycles. The van der Waals surface area contributed by atoms with Crippen molar-refractivity contribution in [3.63, 3.8) is 0 Å². The minimum atomic E-state index is -0.124. The second-order valence-electron chi connectivity index (χ2n) is 9.16. The van der Waals surface area contributed by atoms with Gasteiger partial charge < -0.3 is 10.2 Å². The molecule has 0 spiro atoms. The molecule has 162 valence electrons. The zero-order chi connectivity index (χ0) is 22.3. The van der Waals surface area contributed by atoms with E-state index in [1.807, 2.05) is 18.2 Å². The molecule has 4 rings (SSSR count). The lowest BCUT2D eigenvalue weighted by molar-refractivity contribution is -0.115. The van der Waals surface area contributed by atoms with Gasteiger partial charge in [0.1, 0.15) is 0 Å². The molecule has 1 atom stereocenters. The summed E-state index contributed by atoms with van der Waals surface area (Å²) >= 11 is 7.39. The molecule has 2 heterocycles. The van der Waals surface area contributed by atoms with Crippen molar-refractivity contribution in [1.82, 2.24) is 5.32 Å². The molecule has 6 heteroatoms. The van der Waals surface area contributed by atoms with Crippen molar-refractivity contribution in [2.75, 3.05) is 4.90 Å². The van der Waals surface area contributed by atoms with Crippen LogP contribution in [0.15, 0.2) is 52.4 Å². The fraction of sp³-hybridized carbons (Fsp3) is 0.360. The molecule has 2 aliphatic rings. The molecule has 1 fully saturated rings. The van der Waals surface area contributed by atoms with E-state index in [2.05, 4.69) is 68.0 Å². The molecule has 4 nitrogen and oxygen atoms in total. The normalized spacial score (nSPS) is 22.9. The number of carbonyl (C=O) groups is 1. The van der Waals surface area contributed by atoms with Crippen LogP contribution in [0, 0.1) is 0 Å². The molecule has 0 unspecified atom stereocenters. The Morgan fingerprint density at radius 1 is 1.26 bits per heavy atom. The summed E-state index contributed by atoms with van der Waals surface area (Å²) in [7, 11) is 0. The minimum Gasteiger partial charge on any atom is -0.364 e. The summed E-state index contributed by atoms with van der Waals surface area (Å²) in [4.78, 5) is 20.2. The summed E-state index contributed by atoms with van der Waals surface area (Å²) in [5.41, 5.74) is 4.52. The highest BCUT2D eigenvalue weighted by atomic mass is 35.5. The smallest absolute Gasteiger partial charge is 0.264 e. The van der Waals surface area contributed by atoms with Crippen LogP contribution in [0.1, 0.15) is 58.1 Å². The number of nitrogens with one attached hydrogen (secondary N) is 1. The molecule has 0 bridgehead atoms. The average Bonchev–Trinajstić information content (AvgIpc) is 3.00. The van der Waals surface area contributed by atoms with Crippen LogP contribution in [-0.2, 0) is 4.79 Å². The first-order valence-electron chi connectivity index (χ1n) is 10.6. The lowest BCUT2D eigenvalue weighted by Crippen LogP contribution is -2.51. The van der Waals surface area contributed by atoms with Gasteiger partial charge >= 0.3 is 0 Å².